The molecule has 0 aliphatic rings. The maximum absolute atomic E-state index is 12.4. The van der Waals surface area contributed by atoms with Gasteiger partial charge in [-0.05, 0) is 29.9 Å². The molecule has 1 atom stereocenters. The predicted molar refractivity (Wildman–Crippen MR) is 114 cm³/mol. The third-order valence-electron chi connectivity index (χ3n) is 4.18. The van der Waals surface area contributed by atoms with E-state index in [2.05, 4.69) is 29.7 Å². The van der Waals surface area contributed by atoms with Crippen LogP contribution in [0, 0.1) is 0 Å². The van der Waals surface area contributed by atoms with Gasteiger partial charge in [-0.15, -0.1) is 11.8 Å². The summed E-state index contributed by atoms with van der Waals surface area (Å²) < 4.78 is 0. The number of carbonyl (C=O) groups is 1. The lowest BCUT2D eigenvalue weighted by atomic mass is 10.1. The number of hydrogen-bond acceptors (Lipinski definition) is 2. The Labute approximate surface area is 162 Å². The van der Waals surface area contributed by atoms with E-state index in [9.17, 15) is 4.79 Å². The molecule has 2 aromatic carbocycles. The fourth-order valence-corrected chi connectivity index (χ4v) is 3.89. The van der Waals surface area contributed by atoms with Crippen LogP contribution >= 0.6 is 11.8 Å². The molecule has 0 aliphatic carbocycles. The number of unbranched alkanes of at least 4 members (excludes halogenated alkanes) is 5. The van der Waals surface area contributed by atoms with Gasteiger partial charge >= 0.3 is 6.03 Å². The van der Waals surface area contributed by atoms with Gasteiger partial charge in [0.1, 0.15) is 5.37 Å². The molecule has 0 bridgehead atoms. The second kappa shape index (κ2) is 12.4. The third kappa shape index (κ3) is 7.96. The Kier molecular flexibility index (Phi) is 9.73. The van der Waals surface area contributed by atoms with E-state index in [4.69, 9.17) is 0 Å². The Bertz CT molecular complexity index is 619. The van der Waals surface area contributed by atoms with Crippen LogP contribution in [0.4, 0.5) is 10.5 Å². The number of carbonyl (C=O) groups excluding carboxylic acids is 1. The highest BCUT2D eigenvalue weighted by atomic mass is 32.2. The van der Waals surface area contributed by atoms with Crippen LogP contribution in [0.2, 0.25) is 0 Å². The van der Waals surface area contributed by atoms with Crippen LogP contribution in [0.15, 0.2) is 60.7 Å². The molecule has 0 spiro atoms. The van der Waals surface area contributed by atoms with Crippen molar-refractivity contribution in [1.82, 2.24) is 5.32 Å². The van der Waals surface area contributed by atoms with Crippen LogP contribution in [-0.4, -0.2) is 11.8 Å². The SMILES string of the molecule is CCCCCCCCSC(NC(=O)Nc1ccccc1)c1ccccc1. The van der Waals surface area contributed by atoms with E-state index in [1.807, 2.05) is 48.5 Å². The van der Waals surface area contributed by atoms with Gasteiger partial charge in [0, 0.05) is 5.69 Å². The van der Waals surface area contributed by atoms with Gasteiger partial charge in [-0.3, -0.25) is 0 Å². The largest absolute Gasteiger partial charge is 0.322 e. The summed E-state index contributed by atoms with van der Waals surface area (Å²) in [6, 6.07) is 19.6. The summed E-state index contributed by atoms with van der Waals surface area (Å²) in [5.74, 6) is 1.05. The van der Waals surface area contributed by atoms with Gasteiger partial charge in [0.25, 0.3) is 0 Å². The van der Waals surface area contributed by atoms with Crippen LogP contribution in [0.3, 0.4) is 0 Å². The molecule has 2 amide bonds. The highest BCUT2D eigenvalue weighted by Gasteiger charge is 2.14. The molecule has 2 aromatic rings. The van der Waals surface area contributed by atoms with Crippen molar-refractivity contribution in [3.63, 3.8) is 0 Å². The molecule has 0 aliphatic heterocycles. The Hall–Kier alpha value is -1.94. The number of para-hydroxylation sites is 1. The molecule has 26 heavy (non-hydrogen) atoms. The molecule has 1 unspecified atom stereocenters. The van der Waals surface area contributed by atoms with E-state index < -0.39 is 0 Å². The molecule has 0 fully saturated rings. The number of benzene rings is 2. The molecular weight excluding hydrogens is 340 g/mol. The Balaban J connectivity index is 1.83. The number of amides is 2. The topological polar surface area (TPSA) is 41.1 Å². The van der Waals surface area contributed by atoms with Crippen LogP contribution < -0.4 is 10.6 Å². The first-order valence-corrected chi connectivity index (χ1v) is 10.6. The zero-order valence-corrected chi connectivity index (χ0v) is 16.4. The highest BCUT2D eigenvalue weighted by molar-refractivity contribution is 7.99. The predicted octanol–water partition coefficient (Wildman–Crippen LogP) is 6.60. The van der Waals surface area contributed by atoms with Crippen molar-refractivity contribution >= 4 is 23.5 Å². The van der Waals surface area contributed by atoms with Crippen molar-refractivity contribution in [2.45, 2.75) is 50.8 Å². The van der Waals surface area contributed by atoms with E-state index in [1.54, 1.807) is 11.8 Å². The van der Waals surface area contributed by atoms with Gasteiger partial charge in [0.15, 0.2) is 0 Å². The van der Waals surface area contributed by atoms with Crippen molar-refractivity contribution in [2.24, 2.45) is 0 Å². The monoisotopic (exact) mass is 370 g/mol. The molecule has 0 radical (unpaired) electrons. The maximum atomic E-state index is 12.4. The van der Waals surface area contributed by atoms with Crippen LogP contribution in [-0.2, 0) is 0 Å². The average Bonchev–Trinajstić information content (AvgIpc) is 2.68. The minimum absolute atomic E-state index is 0.0319. The van der Waals surface area contributed by atoms with Gasteiger partial charge in [0.2, 0.25) is 0 Å². The Morgan fingerprint density at radius 2 is 1.50 bits per heavy atom. The zero-order chi connectivity index (χ0) is 18.5. The van der Waals surface area contributed by atoms with E-state index >= 15 is 0 Å². The smallest absolute Gasteiger partial charge is 0.320 e. The fraction of sp³-hybridized carbons (Fsp3) is 0.409. The summed E-state index contributed by atoms with van der Waals surface area (Å²) in [7, 11) is 0. The number of anilines is 1. The second-order valence-corrected chi connectivity index (χ2v) is 7.61. The highest BCUT2D eigenvalue weighted by Crippen LogP contribution is 2.27. The standard InChI is InChI=1S/C22H30N2OS/c1-2-3-4-5-6-13-18-26-21(19-14-9-7-10-15-19)24-22(25)23-20-16-11-8-12-17-20/h7-12,14-17,21H,2-6,13,18H2,1H3,(H2,23,24,25). The van der Waals surface area contributed by atoms with Crippen LogP contribution in [0.1, 0.15) is 56.4 Å². The molecule has 0 saturated heterocycles. The van der Waals surface area contributed by atoms with Gasteiger partial charge in [-0.2, -0.15) is 0 Å². The number of urea groups is 1. The first-order chi connectivity index (χ1) is 12.8. The number of nitrogens with one attached hydrogen (secondary N) is 2. The zero-order valence-electron chi connectivity index (χ0n) is 15.6. The summed E-state index contributed by atoms with van der Waals surface area (Å²) in [6.45, 7) is 2.24. The number of hydrogen-bond donors (Lipinski definition) is 2. The molecule has 2 N–H and O–H groups in total. The summed E-state index contributed by atoms with van der Waals surface area (Å²) in [6.07, 6.45) is 7.73. The normalized spacial score (nSPS) is 11.7. The van der Waals surface area contributed by atoms with Crippen molar-refractivity contribution in [3.8, 4) is 0 Å². The van der Waals surface area contributed by atoms with E-state index in [0.29, 0.717) is 0 Å². The molecule has 2 rings (SSSR count). The lowest BCUT2D eigenvalue weighted by Crippen LogP contribution is -2.31. The number of thioether (sulfide) groups is 1. The van der Waals surface area contributed by atoms with E-state index in [1.165, 1.54) is 38.5 Å². The summed E-state index contributed by atoms with van der Waals surface area (Å²) >= 11 is 1.81. The van der Waals surface area contributed by atoms with Crippen molar-refractivity contribution in [2.75, 3.05) is 11.1 Å². The maximum Gasteiger partial charge on any atom is 0.320 e. The first-order valence-electron chi connectivity index (χ1n) is 9.58. The van der Waals surface area contributed by atoms with Gasteiger partial charge in [-0.1, -0.05) is 87.6 Å². The van der Waals surface area contributed by atoms with Crippen molar-refractivity contribution in [3.05, 3.63) is 66.2 Å². The molecule has 0 saturated carbocycles. The van der Waals surface area contributed by atoms with E-state index in [-0.39, 0.29) is 11.4 Å². The molecular formula is C22H30N2OS. The van der Waals surface area contributed by atoms with Crippen LogP contribution in [0.5, 0.6) is 0 Å². The van der Waals surface area contributed by atoms with Gasteiger partial charge < -0.3 is 10.6 Å². The fourth-order valence-electron chi connectivity index (χ4n) is 2.74. The van der Waals surface area contributed by atoms with Gasteiger partial charge in [-0.25, -0.2) is 4.79 Å². The molecule has 3 nitrogen and oxygen atoms in total. The molecule has 0 aromatic heterocycles. The van der Waals surface area contributed by atoms with Crippen molar-refractivity contribution in [1.29, 1.82) is 0 Å². The molecule has 140 valence electrons. The minimum Gasteiger partial charge on any atom is -0.322 e. The van der Waals surface area contributed by atoms with Crippen molar-refractivity contribution < 1.29 is 4.79 Å². The second-order valence-electron chi connectivity index (χ2n) is 6.39. The first kappa shape index (κ1) is 20.4. The number of rotatable bonds is 11. The quantitative estimate of drug-likeness (QED) is 0.345. The molecule has 4 heteroatoms. The lowest BCUT2D eigenvalue weighted by molar-refractivity contribution is 0.251. The average molecular weight is 371 g/mol. The lowest BCUT2D eigenvalue weighted by Gasteiger charge is -2.19. The Morgan fingerprint density at radius 3 is 2.19 bits per heavy atom. The molecule has 0 heterocycles. The van der Waals surface area contributed by atoms with E-state index in [0.717, 1.165) is 17.0 Å². The third-order valence-corrected chi connectivity index (χ3v) is 5.43. The summed E-state index contributed by atoms with van der Waals surface area (Å²) in [5.41, 5.74) is 1.93. The Morgan fingerprint density at radius 1 is 0.885 bits per heavy atom. The summed E-state index contributed by atoms with van der Waals surface area (Å²) in [5, 5.41) is 5.98. The summed E-state index contributed by atoms with van der Waals surface area (Å²) in [4.78, 5) is 12.4. The van der Waals surface area contributed by atoms with Gasteiger partial charge in [0.05, 0.1) is 0 Å². The van der Waals surface area contributed by atoms with Crippen LogP contribution in [0.25, 0.3) is 0 Å². The minimum atomic E-state index is -0.166.